The molecular formula is C9H7Cl3O3. The number of carbonyl (C=O) groups excluding carboxylic acids is 1. The lowest BCUT2D eigenvalue weighted by Gasteiger charge is -2.13. The van der Waals surface area contributed by atoms with E-state index in [9.17, 15) is 4.79 Å². The van der Waals surface area contributed by atoms with Crippen LogP contribution >= 0.6 is 34.8 Å². The van der Waals surface area contributed by atoms with Gasteiger partial charge in [0.15, 0.2) is 17.8 Å². The lowest BCUT2D eigenvalue weighted by atomic mass is 10.2. The summed E-state index contributed by atoms with van der Waals surface area (Å²) in [7, 11) is 2.77. The zero-order valence-electron chi connectivity index (χ0n) is 7.94. The van der Waals surface area contributed by atoms with Gasteiger partial charge in [-0.05, 0) is 0 Å². The smallest absolute Gasteiger partial charge is 0.160 e. The van der Waals surface area contributed by atoms with E-state index < -0.39 is 0 Å². The summed E-state index contributed by atoms with van der Waals surface area (Å²) < 4.78 is 9.91. The monoisotopic (exact) mass is 268 g/mol. The van der Waals surface area contributed by atoms with Gasteiger partial charge >= 0.3 is 0 Å². The predicted octanol–water partition coefficient (Wildman–Crippen LogP) is 3.48. The molecule has 0 bridgehead atoms. The highest BCUT2D eigenvalue weighted by molar-refractivity contribution is 6.44. The molecule has 1 aromatic rings. The fourth-order valence-corrected chi connectivity index (χ4v) is 2.21. The molecule has 0 radical (unpaired) electrons. The Morgan fingerprint density at radius 3 is 1.60 bits per heavy atom. The molecule has 0 amide bonds. The zero-order chi connectivity index (χ0) is 11.6. The molecule has 3 nitrogen and oxygen atoms in total. The predicted molar refractivity (Wildman–Crippen MR) is 60.0 cm³/mol. The maximum absolute atomic E-state index is 10.8. The van der Waals surface area contributed by atoms with E-state index in [0.29, 0.717) is 6.29 Å². The molecule has 0 spiro atoms. The molecule has 0 aliphatic rings. The summed E-state index contributed by atoms with van der Waals surface area (Å²) in [4.78, 5) is 10.8. The SMILES string of the molecule is COc1c(Cl)c(C=O)c(Cl)c(OC)c1Cl. The molecule has 0 aliphatic carbocycles. The molecule has 1 aromatic carbocycles. The minimum Gasteiger partial charge on any atom is -0.493 e. The Kier molecular flexibility index (Phi) is 4.08. The molecule has 6 heteroatoms. The van der Waals surface area contributed by atoms with Gasteiger partial charge in [-0.15, -0.1) is 0 Å². The van der Waals surface area contributed by atoms with Gasteiger partial charge < -0.3 is 9.47 Å². The standard InChI is InChI=1S/C9H7Cl3O3/c1-14-8-5(10)4(3-13)6(11)9(15-2)7(8)12/h3H,1-2H3. The van der Waals surface area contributed by atoms with E-state index in [-0.39, 0.29) is 32.1 Å². The molecule has 0 aromatic heterocycles. The number of ether oxygens (including phenoxy) is 2. The van der Waals surface area contributed by atoms with Gasteiger partial charge in [-0.2, -0.15) is 0 Å². The Morgan fingerprint density at radius 1 is 0.933 bits per heavy atom. The first-order chi connectivity index (χ1) is 7.08. The minimum absolute atomic E-state index is 0.0725. The second-order valence-electron chi connectivity index (χ2n) is 2.54. The zero-order valence-corrected chi connectivity index (χ0v) is 10.2. The highest BCUT2D eigenvalue weighted by Gasteiger charge is 2.22. The largest absolute Gasteiger partial charge is 0.493 e. The third kappa shape index (κ3) is 2.00. The number of aldehydes is 1. The molecule has 0 fully saturated rings. The molecule has 15 heavy (non-hydrogen) atoms. The fourth-order valence-electron chi connectivity index (χ4n) is 1.10. The molecule has 1 rings (SSSR count). The van der Waals surface area contributed by atoms with Crippen molar-refractivity contribution in [3.63, 3.8) is 0 Å². The third-order valence-electron chi connectivity index (χ3n) is 1.80. The van der Waals surface area contributed by atoms with Gasteiger partial charge in [0.05, 0.1) is 29.8 Å². The molecule has 0 atom stereocenters. The second-order valence-corrected chi connectivity index (χ2v) is 3.67. The van der Waals surface area contributed by atoms with Gasteiger partial charge in [0.25, 0.3) is 0 Å². The topological polar surface area (TPSA) is 35.5 Å². The third-order valence-corrected chi connectivity index (χ3v) is 2.89. The lowest BCUT2D eigenvalue weighted by molar-refractivity contribution is 0.112. The van der Waals surface area contributed by atoms with Crippen molar-refractivity contribution >= 4 is 41.1 Å². The number of methoxy groups -OCH3 is 2. The number of halogens is 3. The van der Waals surface area contributed by atoms with Crippen LogP contribution in [-0.4, -0.2) is 20.5 Å². The quantitative estimate of drug-likeness (QED) is 0.788. The van der Waals surface area contributed by atoms with Crippen molar-refractivity contribution in [2.24, 2.45) is 0 Å². The second kappa shape index (κ2) is 4.92. The first-order valence-corrected chi connectivity index (χ1v) is 4.95. The Morgan fingerprint density at radius 2 is 1.33 bits per heavy atom. The molecule has 0 N–H and O–H groups in total. The van der Waals surface area contributed by atoms with Crippen molar-refractivity contribution in [3.8, 4) is 11.5 Å². The van der Waals surface area contributed by atoms with Gasteiger partial charge in [-0.25, -0.2) is 0 Å². The van der Waals surface area contributed by atoms with Crippen molar-refractivity contribution in [1.29, 1.82) is 0 Å². The Bertz CT molecular complexity index is 373. The Balaban J connectivity index is 3.64. The molecule has 82 valence electrons. The van der Waals surface area contributed by atoms with Crippen molar-refractivity contribution < 1.29 is 14.3 Å². The summed E-state index contributed by atoms with van der Waals surface area (Å²) in [5.74, 6) is 0.336. The van der Waals surface area contributed by atoms with Crippen LogP contribution in [0, 0.1) is 0 Å². The first-order valence-electron chi connectivity index (χ1n) is 3.82. The fraction of sp³-hybridized carbons (Fsp3) is 0.222. The summed E-state index contributed by atoms with van der Waals surface area (Å²) in [6.45, 7) is 0. The lowest BCUT2D eigenvalue weighted by Crippen LogP contribution is -1.96. The van der Waals surface area contributed by atoms with Gasteiger partial charge in [0, 0.05) is 0 Å². The van der Waals surface area contributed by atoms with E-state index in [4.69, 9.17) is 44.3 Å². The summed E-state index contributed by atoms with van der Waals surface area (Å²) in [6, 6.07) is 0. The van der Waals surface area contributed by atoms with E-state index in [2.05, 4.69) is 0 Å². The van der Waals surface area contributed by atoms with Crippen LogP contribution in [-0.2, 0) is 0 Å². The van der Waals surface area contributed by atoms with E-state index in [1.54, 1.807) is 0 Å². The Labute approximate surface area is 102 Å². The molecule has 0 saturated carbocycles. The van der Waals surface area contributed by atoms with Crippen LogP contribution in [0.4, 0.5) is 0 Å². The van der Waals surface area contributed by atoms with Gasteiger partial charge in [0.1, 0.15) is 5.02 Å². The Hall–Kier alpha value is -0.640. The van der Waals surface area contributed by atoms with Crippen LogP contribution < -0.4 is 9.47 Å². The first kappa shape index (κ1) is 12.4. The molecule has 0 heterocycles. The number of carbonyl (C=O) groups is 1. The van der Waals surface area contributed by atoms with Gasteiger partial charge in [-0.3, -0.25) is 4.79 Å². The highest BCUT2D eigenvalue weighted by atomic mass is 35.5. The highest BCUT2D eigenvalue weighted by Crippen LogP contribution is 2.46. The van der Waals surface area contributed by atoms with Crippen LogP contribution in [0.3, 0.4) is 0 Å². The van der Waals surface area contributed by atoms with E-state index in [0.717, 1.165) is 0 Å². The number of rotatable bonds is 3. The summed E-state index contributed by atoms with van der Waals surface area (Å²) in [5, 5.41) is 0.284. The van der Waals surface area contributed by atoms with E-state index >= 15 is 0 Å². The van der Waals surface area contributed by atoms with Crippen LogP contribution in [0.5, 0.6) is 11.5 Å². The van der Waals surface area contributed by atoms with Gasteiger partial charge in [-0.1, -0.05) is 34.8 Å². The molecule has 0 unspecified atom stereocenters. The van der Waals surface area contributed by atoms with E-state index in [1.165, 1.54) is 14.2 Å². The maximum Gasteiger partial charge on any atom is 0.160 e. The normalized spacial score (nSPS) is 9.93. The number of hydrogen-bond acceptors (Lipinski definition) is 3. The summed E-state index contributed by atoms with van der Waals surface area (Å²) >= 11 is 17.6. The van der Waals surface area contributed by atoms with Crippen molar-refractivity contribution in [1.82, 2.24) is 0 Å². The van der Waals surface area contributed by atoms with Crippen LogP contribution in [0.1, 0.15) is 10.4 Å². The molecule has 0 aliphatic heterocycles. The van der Waals surface area contributed by atoms with Crippen molar-refractivity contribution in [2.75, 3.05) is 14.2 Å². The number of benzene rings is 1. The average molecular weight is 270 g/mol. The minimum atomic E-state index is 0.0725. The van der Waals surface area contributed by atoms with Crippen LogP contribution in [0.2, 0.25) is 15.1 Å². The van der Waals surface area contributed by atoms with Crippen LogP contribution in [0.25, 0.3) is 0 Å². The molecule has 0 saturated heterocycles. The summed E-state index contributed by atoms with van der Waals surface area (Å²) in [6.07, 6.45) is 0.520. The van der Waals surface area contributed by atoms with Crippen molar-refractivity contribution in [2.45, 2.75) is 0 Å². The maximum atomic E-state index is 10.8. The molecular weight excluding hydrogens is 262 g/mol. The van der Waals surface area contributed by atoms with Crippen molar-refractivity contribution in [3.05, 3.63) is 20.6 Å². The number of hydrogen-bond donors (Lipinski definition) is 0. The van der Waals surface area contributed by atoms with Crippen LogP contribution in [0.15, 0.2) is 0 Å². The average Bonchev–Trinajstić information content (AvgIpc) is 2.19. The van der Waals surface area contributed by atoms with Gasteiger partial charge in [0.2, 0.25) is 0 Å². The summed E-state index contributed by atoms with van der Waals surface area (Å²) in [5.41, 5.74) is 0.0939. The van der Waals surface area contributed by atoms with E-state index in [1.807, 2.05) is 0 Å².